The number of nitrogens with two attached hydrogens (primary N) is 1. The number of hydrogen-bond acceptors (Lipinski definition) is 7. The van der Waals surface area contributed by atoms with Crippen LogP contribution in [0.25, 0.3) is 0 Å². The summed E-state index contributed by atoms with van der Waals surface area (Å²) in [6, 6.07) is 13.3. The molecule has 2 rings (SSSR count). The van der Waals surface area contributed by atoms with Crippen molar-refractivity contribution in [2.45, 2.75) is 63.7 Å². The second-order valence-corrected chi connectivity index (χ2v) is 12.0. The number of aliphatic carboxylic acids is 1. The van der Waals surface area contributed by atoms with Crippen LogP contribution in [-0.4, -0.2) is 103 Å². The molecule has 46 heavy (non-hydrogen) atoms. The molecular weight excluding hydrogens is 614 g/mol. The third kappa shape index (κ3) is 12.4. The van der Waals surface area contributed by atoms with E-state index in [9.17, 15) is 29.1 Å². The van der Waals surface area contributed by atoms with Crippen LogP contribution in [0.1, 0.15) is 37.8 Å². The van der Waals surface area contributed by atoms with Gasteiger partial charge in [-0.05, 0) is 49.9 Å². The third-order valence-electron chi connectivity index (χ3n) is 7.76. The van der Waals surface area contributed by atoms with E-state index in [1.807, 2.05) is 42.5 Å². The standard InChI is InChI=1S/C33H46ClN5O7/c1-21(38(3)32(44)25(17-30(41)42)15-23-9-7-6-8-10-23)19-36-29(40)18-27(16-24-11-13-26(34)14-12-24)39(4)33(45)28(20-46-5)37-31(43)22(2)35/h6-14,21-22,25,27-28H,15-20,35H2,1-5H3,(H,36,40)(H,37,43)(H,41,42). The predicted molar refractivity (Wildman–Crippen MR) is 175 cm³/mol. The predicted octanol–water partition coefficient (Wildman–Crippen LogP) is 1.87. The molecule has 2 aromatic rings. The fourth-order valence-electron chi connectivity index (χ4n) is 4.85. The number of halogens is 1. The molecule has 5 unspecified atom stereocenters. The number of ether oxygens (including phenoxy) is 1. The van der Waals surface area contributed by atoms with Crippen molar-refractivity contribution < 1.29 is 33.8 Å². The molecule has 0 saturated carbocycles. The summed E-state index contributed by atoms with van der Waals surface area (Å²) >= 11 is 6.05. The van der Waals surface area contributed by atoms with E-state index in [0.717, 1.165) is 11.1 Å². The summed E-state index contributed by atoms with van der Waals surface area (Å²) in [6.07, 6.45) is 0.194. The maximum atomic E-state index is 13.5. The molecule has 0 aliphatic heterocycles. The Hall–Kier alpha value is -4.00. The largest absolute Gasteiger partial charge is 0.481 e. The molecule has 5 atom stereocenters. The van der Waals surface area contributed by atoms with Crippen molar-refractivity contribution in [2.24, 2.45) is 11.7 Å². The minimum Gasteiger partial charge on any atom is -0.481 e. The van der Waals surface area contributed by atoms with E-state index < -0.39 is 47.9 Å². The van der Waals surface area contributed by atoms with Crippen molar-refractivity contribution in [3.63, 3.8) is 0 Å². The minimum atomic E-state index is -1.07. The highest BCUT2D eigenvalue weighted by molar-refractivity contribution is 6.30. The molecule has 0 radical (unpaired) electrons. The molecule has 0 aliphatic rings. The summed E-state index contributed by atoms with van der Waals surface area (Å²) in [5.41, 5.74) is 7.37. The number of benzene rings is 2. The Morgan fingerprint density at radius 2 is 1.50 bits per heavy atom. The molecule has 0 heterocycles. The van der Waals surface area contributed by atoms with Crippen molar-refractivity contribution in [3.8, 4) is 0 Å². The summed E-state index contributed by atoms with van der Waals surface area (Å²) in [5, 5.41) is 15.4. The summed E-state index contributed by atoms with van der Waals surface area (Å²) in [6.45, 7) is 3.28. The van der Waals surface area contributed by atoms with Crippen molar-refractivity contribution in [1.29, 1.82) is 0 Å². The highest BCUT2D eigenvalue weighted by Crippen LogP contribution is 2.18. The highest BCUT2D eigenvalue weighted by Gasteiger charge is 2.31. The molecule has 0 spiro atoms. The molecule has 0 aromatic heterocycles. The van der Waals surface area contributed by atoms with Gasteiger partial charge in [0.1, 0.15) is 6.04 Å². The number of carboxylic acid groups (broad SMARTS) is 1. The van der Waals surface area contributed by atoms with E-state index in [0.29, 0.717) is 11.4 Å². The van der Waals surface area contributed by atoms with Gasteiger partial charge in [-0.15, -0.1) is 0 Å². The second kappa shape index (κ2) is 18.8. The van der Waals surface area contributed by atoms with Crippen molar-refractivity contribution in [2.75, 3.05) is 34.4 Å². The SMILES string of the molecule is COCC(NC(=O)C(C)N)C(=O)N(C)C(CC(=O)NCC(C)N(C)C(=O)C(CC(=O)O)Cc1ccccc1)Cc1ccc(Cl)cc1. The molecule has 0 saturated heterocycles. The number of carbonyl (C=O) groups excluding carboxylic acids is 4. The van der Waals surface area contributed by atoms with Crippen LogP contribution in [0.3, 0.4) is 0 Å². The van der Waals surface area contributed by atoms with Crippen molar-refractivity contribution >= 4 is 41.2 Å². The minimum absolute atomic E-state index is 0.0775. The summed E-state index contributed by atoms with van der Waals surface area (Å²) in [5.74, 6) is -3.51. The first-order chi connectivity index (χ1) is 21.7. The normalized spacial score (nSPS) is 14.2. The van der Waals surface area contributed by atoms with Crippen LogP contribution in [0.5, 0.6) is 0 Å². The molecule has 0 bridgehead atoms. The monoisotopic (exact) mass is 659 g/mol. The molecule has 252 valence electrons. The van der Waals surface area contributed by atoms with E-state index in [4.69, 9.17) is 22.1 Å². The van der Waals surface area contributed by atoms with Crippen LogP contribution in [0.2, 0.25) is 5.02 Å². The van der Waals surface area contributed by atoms with Gasteiger partial charge < -0.3 is 36.0 Å². The molecule has 12 nitrogen and oxygen atoms in total. The van der Waals surface area contributed by atoms with Gasteiger partial charge in [-0.2, -0.15) is 0 Å². The Labute approximate surface area is 275 Å². The molecular formula is C33H46ClN5O7. The molecule has 0 aliphatic carbocycles. The first-order valence-corrected chi connectivity index (χ1v) is 15.5. The number of rotatable bonds is 18. The molecule has 4 amide bonds. The van der Waals surface area contributed by atoms with Crippen LogP contribution < -0.4 is 16.4 Å². The number of nitrogens with one attached hydrogen (secondary N) is 2. The van der Waals surface area contributed by atoms with E-state index in [-0.39, 0.29) is 44.2 Å². The van der Waals surface area contributed by atoms with E-state index in [1.165, 1.54) is 23.8 Å². The lowest BCUT2D eigenvalue weighted by molar-refractivity contribution is -0.144. The van der Waals surface area contributed by atoms with Gasteiger partial charge in [0, 0.05) is 51.3 Å². The quantitative estimate of drug-likeness (QED) is 0.188. The molecule has 13 heteroatoms. The van der Waals surface area contributed by atoms with Crippen molar-refractivity contribution in [1.82, 2.24) is 20.4 Å². The summed E-state index contributed by atoms with van der Waals surface area (Å²) in [4.78, 5) is 66.7. The van der Waals surface area contributed by atoms with Gasteiger partial charge >= 0.3 is 5.97 Å². The number of nitrogens with zero attached hydrogens (tertiary/aromatic N) is 2. The van der Waals surface area contributed by atoms with Crippen LogP contribution in [0, 0.1) is 5.92 Å². The topological polar surface area (TPSA) is 171 Å². The fourth-order valence-corrected chi connectivity index (χ4v) is 4.98. The van der Waals surface area contributed by atoms with E-state index in [2.05, 4.69) is 10.6 Å². The Balaban J connectivity index is 2.14. The van der Waals surface area contributed by atoms with Gasteiger partial charge in [-0.1, -0.05) is 54.1 Å². The van der Waals surface area contributed by atoms with Gasteiger partial charge in [0.05, 0.1) is 25.0 Å². The average Bonchev–Trinajstić information content (AvgIpc) is 3.02. The highest BCUT2D eigenvalue weighted by atomic mass is 35.5. The number of hydrogen-bond donors (Lipinski definition) is 4. The third-order valence-corrected chi connectivity index (χ3v) is 8.01. The maximum absolute atomic E-state index is 13.5. The van der Waals surface area contributed by atoms with Gasteiger partial charge in [0.2, 0.25) is 23.6 Å². The van der Waals surface area contributed by atoms with E-state index in [1.54, 1.807) is 33.2 Å². The Bertz CT molecular complexity index is 1310. The van der Waals surface area contributed by atoms with Crippen molar-refractivity contribution in [3.05, 3.63) is 70.7 Å². The van der Waals surface area contributed by atoms with E-state index >= 15 is 0 Å². The van der Waals surface area contributed by atoms with Crippen LogP contribution in [0.15, 0.2) is 54.6 Å². The first kappa shape index (κ1) is 38.2. The average molecular weight is 660 g/mol. The number of carbonyl (C=O) groups is 5. The zero-order valence-electron chi connectivity index (χ0n) is 27.1. The number of carboxylic acids is 1. The lowest BCUT2D eigenvalue weighted by Gasteiger charge is -2.32. The smallest absolute Gasteiger partial charge is 0.304 e. The first-order valence-electron chi connectivity index (χ1n) is 15.1. The number of methoxy groups -OCH3 is 1. The Morgan fingerprint density at radius 1 is 0.891 bits per heavy atom. The zero-order valence-corrected chi connectivity index (χ0v) is 27.8. The van der Waals surface area contributed by atoms with Crippen LogP contribution in [0.4, 0.5) is 0 Å². The van der Waals surface area contributed by atoms with Gasteiger partial charge in [0.15, 0.2) is 0 Å². The summed E-state index contributed by atoms with van der Waals surface area (Å²) in [7, 11) is 4.55. The fraction of sp³-hybridized carbons (Fsp3) is 0.485. The van der Waals surface area contributed by atoms with Crippen LogP contribution in [-0.2, 0) is 41.6 Å². The maximum Gasteiger partial charge on any atom is 0.304 e. The van der Waals surface area contributed by atoms with Gasteiger partial charge in [0.25, 0.3) is 0 Å². The second-order valence-electron chi connectivity index (χ2n) is 11.5. The Kier molecular flexibility index (Phi) is 15.6. The Morgan fingerprint density at radius 3 is 2.07 bits per heavy atom. The zero-order chi connectivity index (χ0) is 34.4. The van der Waals surface area contributed by atoms with Gasteiger partial charge in [-0.3, -0.25) is 24.0 Å². The summed E-state index contributed by atoms with van der Waals surface area (Å²) < 4.78 is 5.16. The lowest BCUT2D eigenvalue weighted by Crippen LogP contribution is -2.55. The molecule has 2 aromatic carbocycles. The molecule has 5 N–H and O–H groups in total. The van der Waals surface area contributed by atoms with Gasteiger partial charge in [-0.25, -0.2) is 0 Å². The van der Waals surface area contributed by atoms with Crippen LogP contribution >= 0.6 is 11.6 Å². The molecule has 0 fully saturated rings. The number of likely N-dealkylation sites (N-methyl/N-ethyl adjacent to an activating group) is 2. The lowest BCUT2D eigenvalue weighted by atomic mass is 9.94. The number of amides is 4.